The minimum Gasteiger partial charge on any atom is -0.377 e. The van der Waals surface area contributed by atoms with Crippen molar-refractivity contribution in [3.63, 3.8) is 0 Å². The first-order valence-corrected chi connectivity index (χ1v) is 7.34. The first-order chi connectivity index (χ1) is 8.29. The first-order valence-electron chi connectivity index (χ1n) is 6.29. The number of benzene rings is 1. The Bertz CT molecular complexity index is 333. The molecule has 1 aliphatic rings. The molecule has 0 radical (unpaired) electrons. The molecule has 1 fully saturated rings. The summed E-state index contributed by atoms with van der Waals surface area (Å²) in [5.74, 6) is 1.07. The second kappa shape index (κ2) is 6.43. The molecule has 2 N–H and O–H groups in total. The molecule has 2 unspecified atom stereocenters. The Morgan fingerprint density at radius 1 is 1.41 bits per heavy atom. The molecule has 2 atom stereocenters. The first kappa shape index (κ1) is 12.9. The average molecular weight is 251 g/mol. The van der Waals surface area contributed by atoms with Crippen molar-refractivity contribution in [2.24, 2.45) is 5.73 Å². The molecular weight excluding hydrogens is 230 g/mol. The second-order valence-electron chi connectivity index (χ2n) is 4.60. The predicted molar refractivity (Wildman–Crippen MR) is 74.4 cm³/mol. The summed E-state index contributed by atoms with van der Waals surface area (Å²) in [6, 6.07) is 8.69. The third-order valence-corrected chi connectivity index (χ3v) is 4.60. The molecule has 17 heavy (non-hydrogen) atoms. The molecular formula is C14H21NOS. The Labute approximate surface area is 108 Å². The van der Waals surface area contributed by atoms with E-state index in [1.165, 1.54) is 24.0 Å². The summed E-state index contributed by atoms with van der Waals surface area (Å²) in [7, 11) is 0. The maximum atomic E-state index is 5.87. The largest absolute Gasteiger partial charge is 0.377 e. The summed E-state index contributed by atoms with van der Waals surface area (Å²) in [5, 5.41) is 0.403. The van der Waals surface area contributed by atoms with Gasteiger partial charge in [-0.05, 0) is 25.3 Å². The topological polar surface area (TPSA) is 35.2 Å². The van der Waals surface area contributed by atoms with Crippen LogP contribution in [0.15, 0.2) is 24.3 Å². The molecule has 0 aromatic heterocycles. The lowest BCUT2D eigenvalue weighted by molar-refractivity contribution is 0.129. The number of thioether (sulfide) groups is 1. The molecule has 1 saturated heterocycles. The van der Waals surface area contributed by atoms with Crippen molar-refractivity contribution in [3.8, 4) is 0 Å². The van der Waals surface area contributed by atoms with Gasteiger partial charge in [0.1, 0.15) is 0 Å². The molecule has 3 heteroatoms. The van der Waals surface area contributed by atoms with Crippen LogP contribution in [0.2, 0.25) is 0 Å². The molecule has 94 valence electrons. The van der Waals surface area contributed by atoms with Gasteiger partial charge in [0.25, 0.3) is 0 Å². The monoisotopic (exact) mass is 251 g/mol. The number of nitrogens with two attached hydrogens (primary N) is 1. The van der Waals surface area contributed by atoms with E-state index in [1.807, 2.05) is 11.8 Å². The highest BCUT2D eigenvalue weighted by atomic mass is 32.2. The summed E-state index contributed by atoms with van der Waals surface area (Å²) < 4.78 is 5.64. The van der Waals surface area contributed by atoms with E-state index in [0.29, 0.717) is 17.9 Å². The van der Waals surface area contributed by atoms with Gasteiger partial charge in [0, 0.05) is 24.2 Å². The third-order valence-electron chi connectivity index (χ3n) is 3.17. The standard InChI is InChI=1S/C14H21NOS/c1-11-4-6-12(7-5-11)14(9-15)17-10-13-3-2-8-16-13/h4-7,13-14H,2-3,8-10,15H2,1H3. The van der Waals surface area contributed by atoms with Gasteiger partial charge in [-0.2, -0.15) is 0 Å². The highest BCUT2D eigenvalue weighted by molar-refractivity contribution is 7.99. The molecule has 2 rings (SSSR count). The van der Waals surface area contributed by atoms with Crippen LogP contribution in [-0.4, -0.2) is 25.0 Å². The van der Waals surface area contributed by atoms with E-state index in [9.17, 15) is 0 Å². The van der Waals surface area contributed by atoms with Crippen LogP contribution in [0, 0.1) is 6.92 Å². The van der Waals surface area contributed by atoms with Gasteiger partial charge in [0.2, 0.25) is 0 Å². The van der Waals surface area contributed by atoms with Crippen molar-refractivity contribution in [1.29, 1.82) is 0 Å². The van der Waals surface area contributed by atoms with Crippen LogP contribution in [-0.2, 0) is 4.74 Å². The van der Waals surface area contributed by atoms with E-state index in [-0.39, 0.29) is 0 Å². The van der Waals surface area contributed by atoms with Crippen LogP contribution in [0.5, 0.6) is 0 Å². The highest BCUT2D eigenvalue weighted by Crippen LogP contribution is 2.30. The minimum absolute atomic E-state index is 0.403. The average Bonchev–Trinajstić information content (AvgIpc) is 2.85. The van der Waals surface area contributed by atoms with Crippen LogP contribution in [0.4, 0.5) is 0 Å². The summed E-state index contributed by atoms with van der Waals surface area (Å²) in [6.45, 7) is 3.74. The van der Waals surface area contributed by atoms with Crippen molar-refractivity contribution in [3.05, 3.63) is 35.4 Å². The lowest BCUT2D eigenvalue weighted by atomic mass is 10.1. The smallest absolute Gasteiger partial charge is 0.0666 e. The summed E-state index contributed by atoms with van der Waals surface area (Å²) in [5.41, 5.74) is 8.50. The fourth-order valence-electron chi connectivity index (χ4n) is 2.08. The van der Waals surface area contributed by atoms with Crippen LogP contribution >= 0.6 is 11.8 Å². The highest BCUT2D eigenvalue weighted by Gasteiger charge is 2.18. The van der Waals surface area contributed by atoms with E-state index < -0.39 is 0 Å². The molecule has 1 aromatic carbocycles. The summed E-state index contributed by atoms with van der Waals surface area (Å²) in [6.07, 6.45) is 2.86. The van der Waals surface area contributed by atoms with Crippen molar-refractivity contribution in [2.45, 2.75) is 31.1 Å². The normalized spacial score (nSPS) is 21.6. The SMILES string of the molecule is Cc1ccc(C(CN)SCC2CCCO2)cc1. The fourth-order valence-corrected chi connectivity index (χ4v) is 3.28. The molecule has 1 heterocycles. The maximum absolute atomic E-state index is 5.87. The van der Waals surface area contributed by atoms with E-state index in [2.05, 4.69) is 31.2 Å². The Balaban J connectivity index is 1.89. The van der Waals surface area contributed by atoms with Crippen molar-refractivity contribution >= 4 is 11.8 Å². The fraction of sp³-hybridized carbons (Fsp3) is 0.571. The molecule has 0 aliphatic carbocycles. The Morgan fingerprint density at radius 3 is 2.76 bits per heavy atom. The number of aryl methyl sites for hydroxylation is 1. The third kappa shape index (κ3) is 3.73. The molecule has 1 aromatic rings. The molecule has 2 nitrogen and oxygen atoms in total. The predicted octanol–water partition coefficient (Wildman–Crippen LogP) is 2.91. The lowest BCUT2D eigenvalue weighted by Crippen LogP contribution is -2.14. The van der Waals surface area contributed by atoms with Gasteiger partial charge in [-0.3, -0.25) is 0 Å². The van der Waals surface area contributed by atoms with E-state index >= 15 is 0 Å². The molecule has 1 aliphatic heterocycles. The summed E-state index contributed by atoms with van der Waals surface area (Å²) in [4.78, 5) is 0. The van der Waals surface area contributed by atoms with Gasteiger partial charge in [0.15, 0.2) is 0 Å². The zero-order valence-electron chi connectivity index (χ0n) is 10.4. The van der Waals surface area contributed by atoms with Crippen LogP contribution in [0.25, 0.3) is 0 Å². The molecule has 0 amide bonds. The summed E-state index contributed by atoms with van der Waals surface area (Å²) >= 11 is 1.93. The van der Waals surface area contributed by atoms with Gasteiger partial charge in [-0.1, -0.05) is 29.8 Å². The van der Waals surface area contributed by atoms with Crippen LogP contribution in [0.1, 0.15) is 29.2 Å². The molecule has 0 bridgehead atoms. The Morgan fingerprint density at radius 2 is 2.18 bits per heavy atom. The van der Waals surface area contributed by atoms with Crippen LogP contribution in [0.3, 0.4) is 0 Å². The number of hydrogen-bond acceptors (Lipinski definition) is 3. The number of rotatable bonds is 5. The van der Waals surface area contributed by atoms with E-state index in [4.69, 9.17) is 10.5 Å². The van der Waals surface area contributed by atoms with E-state index in [1.54, 1.807) is 0 Å². The lowest BCUT2D eigenvalue weighted by Gasteiger charge is -2.17. The zero-order chi connectivity index (χ0) is 12.1. The van der Waals surface area contributed by atoms with Gasteiger partial charge < -0.3 is 10.5 Å². The van der Waals surface area contributed by atoms with Crippen molar-refractivity contribution in [2.75, 3.05) is 18.9 Å². The maximum Gasteiger partial charge on any atom is 0.0666 e. The number of ether oxygens (including phenoxy) is 1. The Hall–Kier alpha value is -0.510. The van der Waals surface area contributed by atoms with Gasteiger partial charge in [0.05, 0.1) is 6.10 Å². The Kier molecular flexibility index (Phi) is 4.89. The van der Waals surface area contributed by atoms with Gasteiger partial charge >= 0.3 is 0 Å². The van der Waals surface area contributed by atoms with Crippen LogP contribution < -0.4 is 5.73 Å². The minimum atomic E-state index is 0.403. The van der Waals surface area contributed by atoms with E-state index in [0.717, 1.165) is 12.4 Å². The zero-order valence-corrected chi connectivity index (χ0v) is 11.2. The molecule has 0 saturated carbocycles. The second-order valence-corrected chi connectivity index (χ2v) is 5.84. The van der Waals surface area contributed by atoms with Gasteiger partial charge in [-0.25, -0.2) is 0 Å². The quantitative estimate of drug-likeness (QED) is 0.874. The number of hydrogen-bond donors (Lipinski definition) is 1. The van der Waals surface area contributed by atoms with Crippen molar-refractivity contribution < 1.29 is 4.74 Å². The molecule has 0 spiro atoms. The van der Waals surface area contributed by atoms with Gasteiger partial charge in [-0.15, -0.1) is 11.8 Å². The van der Waals surface area contributed by atoms with Crippen molar-refractivity contribution in [1.82, 2.24) is 0 Å².